The third-order valence-corrected chi connectivity index (χ3v) is 4.30. The van der Waals surface area contributed by atoms with Gasteiger partial charge in [-0.1, -0.05) is 34.1 Å². The average molecular weight is 240 g/mol. The Morgan fingerprint density at radius 1 is 1.24 bits per heavy atom. The topological polar surface area (TPSA) is 29.3 Å². The first-order valence-corrected chi connectivity index (χ1v) is 7.27. The van der Waals surface area contributed by atoms with Crippen molar-refractivity contribution >= 4 is 0 Å². The summed E-state index contributed by atoms with van der Waals surface area (Å²) in [5, 5.41) is 0. The van der Waals surface area contributed by atoms with Crippen molar-refractivity contribution in [1.29, 1.82) is 0 Å². The van der Waals surface area contributed by atoms with E-state index in [1.165, 1.54) is 25.8 Å². The van der Waals surface area contributed by atoms with Crippen molar-refractivity contribution < 1.29 is 0 Å². The number of rotatable bonds is 4. The first-order valence-electron chi connectivity index (χ1n) is 7.27. The molecule has 0 bridgehead atoms. The molecule has 0 aromatic rings. The standard InChI is InChI=1S/C15H32N2/c1-11(2)10-17(12(3)4)13-8-7-9-15(5,6)14(13)16/h11-14H,7-10,16H2,1-6H3. The van der Waals surface area contributed by atoms with E-state index in [-0.39, 0.29) is 0 Å². The lowest BCUT2D eigenvalue weighted by molar-refractivity contribution is 0.0403. The van der Waals surface area contributed by atoms with Gasteiger partial charge in [-0.25, -0.2) is 0 Å². The van der Waals surface area contributed by atoms with Crippen molar-refractivity contribution in [1.82, 2.24) is 4.90 Å². The predicted octanol–water partition coefficient (Wildman–Crippen LogP) is 3.26. The number of nitrogens with zero attached hydrogens (tertiary/aromatic N) is 1. The number of hydrogen-bond acceptors (Lipinski definition) is 2. The minimum Gasteiger partial charge on any atom is -0.326 e. The average Bonchev–Trinajstić information content (AvgIpc) is 2.18. The quantitative estimate of drug-likeness (QED) is 0.817. The summed E-state index contributed by atoms with van der Waals surface area (Å²) in [5.74, 6) is 0.717. The molecular weight excluding hydrogens is 208 g/mol. The zero-order valence-corrected chi connectivity index (χ0v) is 12.7. The Morgan fingerprint density at radius 3 is 2.29 bits per heavy atom. The Balaban J connectivity index is 2.79. The molecule has 2 N–H and O–H groups in total. The van der Waals surface area contributed by atoms with E-state index < -0.39 is 0 Å². The molecule has 1 rings (SSSR count). The summed E-state index contributed by atoms with van der Waals surface area (Å²) < 4.78 is 0. The van der Waals surface area contributed by atoms with Gasteiger partial charge in [0.25, 0.3) is 0 Å². The Hall–Kier alpha value is -0.0800. The minimum atomic E-state index is 0.299. The molecule has 1 aliphatic rings. The highest BCUT2D eigenvalue weighted by atomic mass is 15.2. The van der Waals surface area contributed by atoms with Crippen LogP contribution in [0.3, 0.4) is 0 Å². The van der Waals surface area contributed by atoms with Crippen molar-refractivity contribution in [3.05, 3.63) is 0 Å². The van der Waals surface area contributed by atoms with Crippen LogP contribution >= 0.6 is 0 Å². The zero-order valence-electron chi connectivity index (χ0n) is 12.7. The van der Waals surface area contributed by atoms with Gasteiger partial charge in [-0.3, -0.25) is 4.90 Å². The van der Waals surface area contributed by atoms with E-state index in [9.17, 15) is 0 Å². The summed E-state index contributed by atoms with van der Waals surface area (Å²) in [6.45, 7) is 15.0. The smallest absolute Gasteiger partial charge is 0.0255 e. The van der Waals surface area contributed by atoms with E-state index in [1.807, 2.05) is 0 Å². The molecular formula is C15H32N2. The Bertz CT molecular complexity index is 233. The van der Waals surface area contributed by atoms with Crippen LogP contribution in [-0.2, 0) is 0 Å². The first-order chi connectivity index (χ1) is 7.75. The molecule has 1 saturated carbocycles. The lowest BCUT2D eigenvalue weighted by atomic mass is 9.70. The summed E-state index contributed by atoms with van der Waals surface area (Å²) in [6.07, 6.45) is 3.88. The van der Waals surface area contributed by atoms with Gasteiger partial charge in [-0.2, -0.15) is 0 Å². The van der Waals surface area contributed by atoms with Gasteiger partial charge in [0.05, 0.1) is 0 Å². The lowest BCUT2D eigenvalue weighted by Crippen LogP contribution is -2.59. The molecule has 17 heavy (non-hydrogen) atoms. The Kier molecular flexibility index (Phi) is 5.03. The van der Waals surface area contributed by atoms with Crippen LogP contribution in [0.15, 0.2) is 0 Å². The van der Waals surface area contributed by atoms with Gasteiger partial charge in [0.2, 0.25) is 0 Å². The molecule has 102 valence electrons. The van der Waals surface area contributed by atoms with E-state index in [0.29, 0.717) is 23.5 Å². The number of nitrogens with two attached hydrogens (primary N) is 1. The molecule has 0 saturated heterocycles. The highest BCUT2D eigenvalue weighted by Gasteiger charge is 2.39. The van der Waals surface area contributed by atoms with Gasteiger partial charge in [-0.15, -0.1) is 0 Å². The van der Waals surface area contributed by atoms with E-state index in [0.717, 1.165) is 5.92 Å². The van der Waals surface area contributed by atoms with Crippen LogP contribution in [0, 0.1) is 11.3 Å². The van der Waals surface area contributed by atoms with Gasteiger partial charge in [0.15, 0.2) is 0 Å². The van der Waals surface area contributed by atoms with Crippen molar-refractivity contribution in [2.75, 3.05) is 6.54 Å². The molecule has 2 unspecified atom stereocenters. The second-order valence-electron chi connectivity index (χ2n) is 7.16. The van der Waals surface area contributed by atoms with Gasteiger partial charge in [0, 0.05) is 24.7 Å². The normalized spacial score (nSPS) is 29.3. The van der Waals surface area contributed by atoms with Crippen molar-refractivity contribution in [2.24, 2.45) is 17.1 Å². The molecule has 0 amide bonds. The largest absolute Gasteiger partial charge is 0.326 e. The highest BCUT2D eigenvalue weighted by molar-refractivity contribution is 4.97. The third-order valence-electron chi connectivity index (χ3n) is 4.30. The van der Waals surface area contributed by atoms with Gasteiger partial charge >= 0.3 is 0 Å². The fourth-order valence-electron chi connectivity index (χ4n) is 3.16. The van der Waals surface area contributed by atoms with Crippen LogP contribution in [0.5, 0.6) is 0 Å². The van der Waals surface area contributed by atoms with Crippen molar-refractivity contribution in [3.8, 4) is 0 Å². The van der Waals surface area contributed by atoms with Crippen LogP contribution in [0.2, 0.25) is 0 Å². The third kappa shape index (κ3) is 3.69. The van der Waals surface area contributed by atoms with E-state index in [2.05, 4.69) is 46.4 Å². The SMILES string of the molecule is CC(C)CN(C(C)C)C1CCCC(C)(C)C1N. The van der Waals surface area contributed by atoms with Crippen LogP contribution in [-0.4, -0.2) is 29.6 Å². The Labute approximate surface area is 108 Å². The van der Waals surface area contributed by atoms with E-state index >= 15 is 0 Å². The van der Waals surface area contributed by atoms with E-state index in [4.69, 9.17) is 5.73 Å². The van der Waals surface area contributed by atoms with Crippen molar-refractivity contribution in [2.45, 2.75) is 78.9 Å². The summed E-state index contributed by atoms with van der Waals surface area (Å²) in [6, 6.07) is 1.49. The summed E-state index contributed by atoms with van der Waals surface area (Å²) in [5.41, 5.74) is 6.83. The van der Waals surface area contributed by atoms with Crippen LogP contribution < -0.4 is 5.73 Å². The van der Waals surface area contributed by atoms with Crippen LogP contribution in [0.1, 0.15) is 60.8 Å². The number of hydrogen-bond donors (Lipinski definition) is 1. The van der Waals surface area contributed by atoms with E-state index in [1.54, 1.807) is 0 Å². The monoisotopic (exact) mass is 240 g/mol. The predicted molar refractivity (Wildman–Crippen MR) is 76.1 cm³/mol. The van der Waals surface area contributed by atoms with Crippen LogP contribution in [0.4, 0.5) is 0 Å². The molecule has 0 aromatic carbocycles. The molecule has 0 spiro atoms. The zero-order chi connectivity index (χ0) is 13.2. The first kappa shape index (κ1) is 15.0. The molecule has 2 heteroatoms. The summed E-state index contributed by atoms with van der Waals surface area (Å²) in [4.78, 5) is 2.64. The maximum Gasteiger partial charge on any atom is 0.0255 e. The van der Waals surface area contributed by atoms with Crippen molar-refractivity contribution in [3.63, 3.8) is 0 Å². The second-order valence-corrected chi connectivity index (χ2v) is 7.16. The highest BCUT2D eigenvalue weighted by Crippen LogP contribution is 2.37. The molecule has 0 aromatic heterocycles. The fourth-order valence-corrected chi connectivity index (χ4v) is 3.16. The van der Waals surface area contributed by atoms with Gasteiger partial charge in [0.1, 0.15) is 0 Å². The molecule has 2 nitrogen and oxygen atoms in total. The maximum atomic E-state index is 6.53. The molecule has 2 atom stereocenters. The summed E-state index contributed by atoms with van der Waals surface area (Å²) in [7, 11) is 0. The molecule has 0 radical (unpaired) electrons. The molecule has 1 aliphatic carbocycles. The maximum absolute atomic E-state index is 6.53. The van der Waals surface area contributed by atoms with Gasteiger partial charge < -0.3 is 5.73 Å². The second kappa shape index (κ2) is 5.71. The molecule has 0 heterocycles. The fraction of sp³-hybridized carbons (Fsp3) is 1.00. The summed E-state index contributed by atoms with van der Waals surface area (Å²) >= 11 is 0. The van der Waals surface area contributed by atoms with Gasteiger partial charge in [-0.05, 0) is 38.0 Å². The molecule has 1 fully saturated rings. The lowest BCUT2D eigenvalue weighted by Gasteiger charge is -2.48. The molecule has 0 aliphatic heterocycles. The Morgan fingerprint density at radius 2 is 1.82 bits per heavy atom. The van der Waals surface area contributed by atoms with Crippen LogP contribution in [0.25, 0.3) is 0 Å². The minimum absolute atomic E-state index is 0.299.